The molecule has 2 N–H and O–H groups in total. The number of fused-ring (bicyclic) bond motifs is 1. The average molecular weight is 279 g/mol. The fourth-order valence-electron chi connectivity index (χ4n) is 3.08. The first-order chi connectivity index (χ1) is 9.66. The van der Waals surface area contributed by atoms with E-state index in [0.29, 0.717) is 19.0 Å². The normalized spacial score (nSPS) is 26.1. The van der Waals surface area contributed by atoms with Crippen LogP contribution in [0.15, 0.2) is 6.20 Å². The summed E-state index contributed by atoms with van der Waals surface area (Å²) in [4.78, 5) is 20.5. The Balaban J connectivity index is 1.98. The largest absolute Gasteiger partial charge is 0.374 e. The van der Waals surface area contributed by atoms with Gasteiger partial charge in [0.25, 0.3) is 0 Å². The topological polar surface area (TPSA) is 107 Å². The van der Waals surface area contributed by atoms with Crippen molar-refractivity contribution in [3.8, 4) is 0 Å². The van der Waals surface area contributed by atoms with Gasteiger partial charge < -0.3 is 15.4 Å². The first-order valence-corrected chi connectivity index (χ1v) is 6.82. The van der Waals surface area contributed by atoms with Crippen LogP contribution in [-0.2, 0) is 4.74 Å². The van der Waals surface area contributed by atoms with Gasteiger partial charge in [0.05, 0.1) is 23.7 Å². The van der Waals surface area contributed by atoms with E-state index >= 15 is 0 Å². The molecule has 3 rings (SSSR count). The summed E-state index contributed by atoms with van der Waals surface area (Å²) in [6.07, 6.45) is 5.53. The zero-order valence-electron chi connectivity index (χ0n) is 11.1. The molecule has 1 saturated heterocycles. The van der Waals surface area contributed by atoms with Crippen molar-refractivity contribution in [1.82, 2.24) is 9.97 Å². The molecule has 0 spiro atoms. The summed E-state index contributed by atoms with van der Waals surface area (Å²) in [5.74, 6) is 0.382. The molecular formula is C12H17N5O3. The summed E-state index contributed by atoms with van der Waals surface area (Å²) < 4.78 is 5.78. The molecule has 1 saturated carbocycles. The van der Waals surface area contributed by atoms with E-state index in [-0.39, 0.29) is 23.8 Å². The Morgan fingerprint density at radius 3 is 3.05 bits per heavy atom. The molecule has 2 unspecified atom stereocenters. The number of ether oxygens (including phenoxy) is 1. The lowest BCUT2D eigenvalue weighted by molar-refractivity contribution is -0.384. The van der Waals surface area contributed by atoms with E-state index in [9.17, 15) is 10.1 Å². The Labute approximate surface area is 116 Å². The summed E-state index contributed by atoms with van der Waals surface area (Å²) in [5.41, 5.74) is 5.51. The molecular weight excluding hydrogens is 262 g/mol. The van der Waals surface area contributed by atoms with Crippen molar-refractivity contribution < 1.29 is 9.66 Å². The number of anilines is 2. The zero-order chi connectivity index (χ0) is 14.1. The third-order valence-electron chi connectivity index (χ3n) is 3.97. The van der Waals surface area contributed by atoms with Crippen molar-refractivity contribution >= 4 is 17.5 Å². The highest BCUT2D eigenvalue weighted by molar-refractivity contribution is 5.59. The van der Waals surface area contributed by atoms with Gasteiger partial charge in [0, 0.05) is 6.54 Å². The molecule has 2 aliphatic rings. The summed E-state index contributed by atoms with van der Waals surface area (Å²) in [7, 11) is 0. The number of nitro groups is 1. The highest BCUT2D eigenvalue weighted by Crippen LogP contribution is 2.35. The van der Waals surface area contributed by atoms with Crippen LogP contribution in [0.25, 0.3) is 0 Å². The monoisotopic (exact) mass is 279 g/mol. The molecule has 1 aromatic rings. The number of nitrogens with zero attached hydrogens (tertiary/aromatic N) is 4. The van der Waals surface area contributed by atoms with Crippen molar-refractivity contribution in [3.05, 3.63) is 16.3 Å². The number of hydrogen-bond donors (Lipinski definition) is 1. The molecule has 0 radical (unpaired) electrons. The number of morpholine rings is 1. The maximum atomic E-state index is 11.2. The first kappa shape index (κ1) is 13.0. The van der Waals surface area contributed by atoms with E-state index in [1.165, 1.54) is 6.20 Å². The molecule has 2 heterocycles. The van der Waals surface area contributed by atoms with Crippen molar-refractivity contribution in [2.75, 3.05) is 23.8 Å². The lowest BCUT2D eigenvalue weighted by Gasteiger charge is -2.44. The Morgan fingerprint density at radius 2 is 2.25 bits per heavy atom. The molecule has 0 bridgehead atoms. The van der Waals surface area contributed by atoms with E-state index in [0.717, 1.165) is 25.7 Å². The van der Waals surface area contributed by atoms with Crippen LogP contribution in [0.5, 0.6) is 0 Å². The van der Waals surface area contributed by atoms with Crippen LogP contribution in [0.2, 0.25) is 0 Å². The fraction of sp³-hybridized carbons (Fsp3) is 0.667. The molecule has 0 aromatic carbocycles. The predicted octanol–water partition coefficient (Wildman–Crippen LogP) is 1.11. The molecule has 8 nitrogen and oxygen atoms in total. The van der Waals surface area contributed by atoms with Gasteiger partial charge in [0.2, 0.25) is 11.8 Å². The second-order valence-corrected chi connectivity index (χ2v) is 5.15. The summed E-state index contributed by atoms with van der Waals surface area (Å²) >= 11 is 0. The third-order valence-corrected chi connectivity index (χ3v) is 3.97. The van der Waals surface area contributed by atoms with Gasteiger partial charge in [-0.1, -0.05) is 12.8 Å². The van der Waals surface area contributed by atoms with Crippen LogP contribution in [0.3, 0.4) is 0 Å². The molecule has 8 heteroatoms. The minimum atomic E-state index is -0.456. The number of rotatable bonds is 2. The minimum Gasteiger partial charge on any atom is -0.374 e. The summed E-state index contributed by atoms with van der Waals surface area (Å²) in [6, 6.07) is 0.144. The van der Waals surface area contributed by atoms with Crippen LogP contribution in [0.4, 0.5) is 17.5 Å². The zero-order valence-corrected chi connectivity index (χ0v) is 11.1. The molecule has 1 aliphatic heterocycles. The molecule has 1 aliphatic carbocycles. The highest BCUT2D eigenvalue weighted by atomic mass is 16.6. The van der Waals surface area contributed by atoms with Gasteiger partial charge in [-0.15, -0.1) is 0 Å². The van der Waals surface area contributed by atoms with Crippen LogP contribution in [-0.4, -0.2) is 40.2 Å². The second-order valence-electron chi connectivity index (χ2n) is 5.15. The van der Waals surface area contributed by atoms with Crippen LogP contribution < -0.4 is 10.6 Å². The van der Waals surface area contributed by atoms with Gasteiger partial charge >= 0.3 is 5.69 Å². The predicted molar refractivity (Wildman–Crippen MR) is 72.4 cm³/mol. The number of nitrogen functional groups attached to an aromatic ring is 1. The number of aromatic nitrogens is 2. The van der Waals surface area contributed by atoms with E-state index in [1.54, 1.807) is 0 Å². The van der Waals surface area contributed by atoms with E-state index in [1.807, 2.05) is 4.90 Å². The average Bonchev–Trinajstić information content (AvgIpc) is 2.46. The highest BCUT2D eigenvalue weighted by Gasteiger charge is 2.37. The van der Waals surface area contributed by atoms with Gasteiger partial charge in [-0.3, -0.25) is 10.1 Å². The first-order valence-electron chi connectivity index (χ1n) is 6.82. The molecule has 0 amide bonds. The van der Waals surface area contributed by atoms with Crippen molar-refractivity contribution in [3.63, 3.8) is 0 Å². The minimum absolute atomic E-state index is 0.0597. The van der Waals surface area contributed by atoms with Gasteiger partial charge in [0.1, 0.15) is 6.20 Å². The van der Waals surface area contributed by atoms with E-state index in [4.69, 9.17) is 10.5 Å². The molecule has 2 fully saturated rings. The molecule has 108 valence electrons. The molecule has 2 atom stereocenters. The lowest BCUT2D eigenvalue weighted by Crippen LogP contribution is -2.53. The van der Waals surface area contributed by atoms with Crippen LogP contribution in [0.1, 0.15) is 25.7 Å². The summed E-state index contributed by atoms with van der Waals surface area (Å²) in [5, 5.41) is 11.2. The Bertz CT molecular complexity index is 522. The van der Waals surface area contributed by atoms with Gasteiger partial charge in [-0.2, -0.15) is 4.98 Å². The van der Waals surface area contributed by atoms with Gasteiger partial charge in [-0.05, 0) is 12.8 Å². The quantitative estimate of drug-likeness (QED) is 0.638. The van der Waals surface area contributed by atoms with Gasteiger partial charge in [0.15, 0.2) is 0 Å². The van der Waals surface area contributed by atoms with E-state index in [2.05, 4.69) is 9.97 Å². The smallest absolute Gasteiger partial charge is 0.329 e. The fourth-order valence-corrected chi connectivity index (χ4v) is 3.08. The SMILES string of the molecule is Nc1ncc([N+](=O)[O-])c(N2CCOC3CCCCC32)n1. The molecule has 20 heavy (non-hydrogen) atoms. The van der Waals surface area contributed by atoms with Gasteiger partial charge in [-0.25, -0.2) is 4.98 Å². The maximum Gasteiger partial charge on any atom is 0.329 e. The Kier molecular flexibility index (Phi) is 3.39. The number of nitrogens with two attached hydrogens (primary N) is 1. The lowest BCUT2D eigenvalue weighted by atomic mass is 9.90. The summed E-state index contributed by atoms with van der Waals surface area (Å²) in [6.45, 7) is 1.15. The Hall–Kier alpha value is -1.96. The van der Waals surface area contributed by atoms with Crippen molar-refractivity contribution in [2.45, 2.75) is 37.8 Å². The Morgan fingerprint density at radius 1 is 1.45 bits per heavy atom. The van der Waals surface area contributed by atoms with Crippen molar-refractivity contribution in [2.24, 2.45) is 0 Å². The van der Waals surface area contributed by atoms with E-state index < -0.39 is 4.92 Å². The van der Waals surface area contributed by atoms with Crippen LogP contribution >= 0.6 is 0 Å². The third kappa shape index (κ3) is 2.26. The maximum absolute atomic E-state index is 11.2. The molecule has 1 aromatic heterocycles. The second kappa shape index (κ2) is 5.20. The van der Waals surface area contributed by atoms with Crippen LogP contribution in [0, 0.1) is 10.1 Å². The standard InChI is InChI=1S/C12H17N5O3/c13-12-14-7-9(17(18)19)11(15-12)16-5-6-20-10-4-2-1-3-8(10)16/h7-8,10H,1-6H2,(H2,13,14,15). The number of hydrogen-bond acceptors (Lipinski definition) is 7. The van der Waals surface area contributed by atoms with Crippen molar-refractivity contribution in [1.29, 1.82) is 0 Å².